The fourth-order valence-corrected chi connectivity index (χ4v) is 2.74. The third-order valence-electron chi connectivity index (χ3n) is 3.81. The van der Waals surface area contributed by atoms with Crippen molar-refractivity contribution in [3.8, 4) is 11.3 Å². The van der Waals surface area contributed by atoms with E-state index in [4.69, 9.17) is 16.3 Å². The zero-order valence-corrected chi connectivity index (χ0v) is 14.2. The molecule has 3 nitrogen and oxygen atoms in total. The topological polar surface area (TPSA) is 39.2 Å². The maximum absolute atomic E-state index is 12.5. The van der Waals surface area contributed by atoms with Crippen LogP contribution in [0, 0.1) is 0 Å². The van der Waals surface area contributed by atoms with Gasteiger partial charge in [-0.05, 0) is 18.6 Å². The largest absolute Gasteiger partial charge is 0.462 e. The fourth-order valence-electron chi connectivity index (χ4n) is 2.53. The van der Waals surface area contributed by atoms with E-state index in [9.17, 15) is 4.79 Å². The Morgan fingerprint density at radius 2 is 1.92 bits per heavy atom. The highest BCUT2D eigenvalue weighted by atomic mass is 35.5. The lowest BCUT2D eigenvalue weighted by Crippen LogP contribution is -2.08. The summed E-state index contributed by atoms with van der Waals surface area (Å²) in [5, 5.41) is 1.23. The number of carbonyl (C=O) groups is 1. The molecule has 1 aromatic heterocycles. The molecule has 1 heterocycles. The monoisotopic (exact) mass is 339 g/mol. The van der Waals surface area contributed by atoms with Crippen LogP contribution in [-0.4, -0.2) is 17.6 Å². The van der Waals surface area contributed by atoms with E-state index in [1.165, 1.54) is 0 Å². The zero-order valence-electron chi connectivity index (χ0n) is 13.5. The number of ether oxygens (including phenoxy) is 1. The van der Waals surface area contributed by atoms with Crippen LogP contribution in [0.2, 0.25) is 5.02 Å². The Balaban J connectivity index is 2.12. The molecule has 0 aliphatic rings. The van der Waals surface area contributed by atoms with Crippen molar-refractivity contribution >= 4 is 28.5 Å². The summed E-state index contributed by atoms with van der Waals surface area (Å²) in [7, 11) is 0. The Kier molecular flexibility index (Phi) is 5.11. The van der Waals surface area contributed by atoms with Gasteiger partial charge in [-0.25, -0.2) is 9.78 Å². The van der Waals surface area contributed by atoms with E-state index in [1.54, 1.807) is 12.1 Å². The second-order valence-corrected chi connectivity index (χ2v) is 5.95. The molecule has 24 heavy (non-hydrogen) atoms. The van der Waals surface area contributed by atoms with E-state index in [2.05, 4.69) is 11.9 Å². The normalized spacial score (nSPS) is 10.8. The van der Waals surface area contributed by atoms with Crippen molar-refractivity contribution in [2.24, 2.45) is 0 Å². The molecule has 0 bridgehead atoms. The van der Waals surface area contributed by atoms with E-state index in [-0.39, 0.29) is 5.97 Å². The summed E-state index contributed by atoms with van der Waals surface area (Å²) in [6.45, 7) is 2.48. The van der Waals surface area contributed by atoms with Crippen molar-refractivity contribution < 1.29 is 9.53 Å². The number of unbranched alkanes of at least 4 members (excludes halogenated alkanes) is 1. The maximum atomic E-state index is 12.5. The average Bonchev–Trinajstić information content (AvgIpc) is 2.62. The van der Waals surface area contributed by atoms with Crippen molar-refractivity contribution in [2.75, 3.05) is 6.61 Å². The Morgan fingerprint density at radius 1 is 1.12 bits per heavy atom. The van der Waals surface area contributed by atoms with Crippen molar-refractivity contribution in [3.63, 3.8) is 0 Å². The average molecular weight is 340 g/mol. The number of fused-ring (bicyclic) bond motifs is 1. The number of esters is 1. The van der Waals surface area contributed by atoms with E-state index in [0.29, 0.717) is 33.8 Å². The summed E-state index contributed by atoms with van der Waals surface area (Å²) >= 11 is 6.31. The highest BCUT2D eigenvalue weighted by Crippen LogP contribution is 2.29. The number of pyridine rings is 1. The molecule has 3 rings (SSSR count). The molecular formula is C20H18ClNO2. The molecule has 0 aliphatic heterocycles. The fraction of sp³-hybridized carbons (Fsp3) is 0.200. The van der Waals surface area contributed by atoms with Crippen molar-refractivity contribution in [1.29, 1.82) is 0 Å². The molecule has 0 saturated heterocycles. The van der Waals surface area contributed by atoms with Crippen LogP contribution in [0.15, 0.2) is 54.6 Å². The van der Waals surface area contributed by atoms with Crippen LogP contribution in [0.4, 0.5) is 0 Å². The molecule has 0 N–H and O–H groups in total. The van der Waals surface area contributed by atoms with Gasteiger partial charge in [-0.2, -0.15) is 0 Å². The molecule has 0 spiro atoms. The molecule has 0 aliphatic carbocycles. The van der Waals surface area contributed by atoms with Crippen LogP contribution < -0.4 is 0 Å². The van der Waals surface area contributed by atoms with E-state index >= 15 is 0 Å². The van der Waals surface area contributed by atoms with E-state index in [0.717, 1.165) is 18.4 Å². The molecule has 122 valence electrons. The highest BCUT2D eigenvalue weighted by Gasteiger charge is 2.16. The number of halogens is 1. The van der Waals surface area contributed by atoms with Gasteiger partial charge >= 0.3 is 5.97 Å². The Morgan fingerprint density at radius 3 is 2.67 bits per heavy atom. The van der Waals surface area contributed by atoms with Crippen molar-refractivity contribution in [1.82, 2.24) is 4.98 Å². The number of rotatable bonds is 5. The SMILES string of the molecule is CCCCOC(=O)c1cc(-c2ccccc2)nc2c(Cl)cccc12. The standard InChI is InChI=1S/C20H18ClNO2/c1-2-3-12-24-20(23)16-13-18(14-8-5-4-6-9-14)22-19-15(16)10-7-11-17(19)21/h4-11,13H,2-3,12H2,1H3. The summed E-state index contributed by atoms with van der Waals surface area (Å²) in [4.78, 5) is 17.2. The summed E-state index contributed by atoms with van der Waals surface area (Å²) in [6.07, 6.45) is 1.83. The number of nitrogens with zero attached hydrogens (tertiary/aromatic N) is 1. The second-order valence-electron chi connectivity index (χ2n) is 5.55. The van der Waals surface area contributed by atoms with Gasteiger partial charge in [0.15, 0.2) is 0 Å². The first-order valence-electron chi connectivity index (χ1n) is 8.02. The number of hydrogen-bond acceptors (Lipinski definition) is 3. The highest BCUT2D eigenvalue weighted by molar-refractivity contribution is 6.35. The van der Waals surface area contributed by atoms with Crippen LogP contribution in [0.3, 0.4) is 0 Å². The minimum atomic E-state index is -0.338. The summed E-state index contributed by atoms with van der Waals surface area (Å²) in [5.74, 6) is -0.338. The van der Waals surface area contributed by atoms with Gasteiger partial charge < -0.3 is 4.74 Å². The third-order valence-corrected chi connectivity index (χ3v) is 4.12. The van der Waals surface area contributed by atoms with Crippen molar-refractivity contribution in [2.45, 2.75) is 19.8 Å². The molecule has 3 aromatic rings. The molecule has 0 saturated carbocycles. The molecule has 0 radical (unpaired) electrons. The molecule has 0 amide bonds. The smallest absolute Gasteiger partial charge is 0.338 e. The minimum absolute atomic E-state index is 0.338. The number of aromatic nitrogens is 1. The Hall–Kier alpha value is -2.39. The quantitative estimate of drug-likeness (QED) is 0.454. The number of para-hydroxylation sites is 1. The zero-order chi connectivity index (χ0) is 16.9. The Labute approximate surface area is 146 Å². The second kappa shape index (κ2) is 7.45. The van der Waals surface area contributed by atoms with Gasteiger partial charge in [0.1, 0.15) is 0 Å². The van der Waals surface area contributed by atoms with Gasteiger partial charge in [-0.1, -0.05) is 67.4 Å². The van der Waals surface area contributed by atoms with Gasteiger partial charge in [-0.15, -0.1) is 0 Å². The van der Waals surface area contributed by atoms with Crippen LogP contribution in [0.25, 0.3) is 22.2 Å². The molecular weight excluding hydrogens is 322 g/mol. The Bertz CT molecular complexity index is 862. The molecule has 0 unspecified atom stereocenters. The predicted octanol–water partition coefficient (Wildman–Crippen LogP) is 5.51. The molecule has 0 fully saturated rings. The first-order chi connectivity index (χ1) is 11.7. The molecule has 4 heteroatoms. The van der Waals surface area contributed by atoms with Gasteiger partial charge in [0.2, 0.25) is 0 Å². The maximum Gasteiger partial charge on any atom is 0.338 e. The number of hydrogen-bond donors (Lipinski definition) is 0. The third kappa shape index (κ3) is 3.41. The van der Waals surface area contributed by atoms with E-state index < -0.39 is 0 Å². The van der Waals surface area contributed by atoms with Gasteiger partial charge in [-0.3, -0.25) is 0 Å². The van der Waals surface area contributed by atoms with Gasteiger partial charge in [0.25, 0.3) is 0 Å². The van der Waals surface area contributed by atoms with Gasteiger partial charge in [0, 0.05) is 10.9 Å². The summed E-state index contributed by atoms with van der Waals surface area (Å²) in [5.41, 5.74) is 2.75. The van der Waals surface area contributed by atoms with Crippen LogP contribution in [0.5, 0.6) is 0 Å². The first-order valence-corrected chi connectivity index (χ1v) is 8.40. The summed E-state index contributed by atoms with van der Waals surface area (Å²) < 4.78 is 5.40. The number of benzene rings is 2. The van der Waals surface area contributed by atoms with E-state index in [1.807, 2.05) is 42.5 Å². The van der Waals surface area contributed by atoms with Crippen molar-refractivity contribution in [3.05, 3.63) is 65.2 Å². The minimum Gasteiger partial charge on any atom is -0.462 e. The van der Waals surface area contributed by atoms with Gasteiger partial charge in [0.05, 0.1) is 28.4 Å². The lowest BCUT2D eigenvalue weighted by atomic mass is 10.0. The molecule has 2 aromatic carbocycles. The number of carbonyl (C=O) groups excluding carboxylic acids is 1. The summed E-state index contributed by atoms with van der Waals surface area (Å²) in [6, 6.07) is 16.9. The molecule has 0 atom stereocenters. The lowest BCUT2D eigenvalue weighted by Gasteiger charge is -2.11. The lowest BCUT2D eigenvalue weighted by molar-refractivity contribution is 0.0502. The van der Waals surface area contributed by atoms with Crippen LogP contribution in [-0.2, 0) is 4.74 Å². The first kappa shape index (κ1) is 16.5. The van der Waals surface area contributed by atoms with Crippen LogP contribution in [0.1, 0.15) is 30.1 Å². The predicted molar refractivity (Wildman–Crippen MR) is 97.4 cm³/mol. The van der Waals surface area contributed by atoms with Crippen LogP contribution >= 0.6 is 11.6 Å².